The number of alkyl halides is 3. The molecule has 6 nitrogen and oxygen atoms in total. The molecule has 0 saturated heterocycles. The molecule has 0 aliphatic rings. The number of nitrogens with one attached hydrogen (secondary N) is 1. The highest BCUT2D eigenvalue weighted by molar-refractivity contribution is 5.95. The highest BCUT2D eigenvalue weighted by atomic mass is 19.4. The highest BCUT2D eigenvalue weighted by Crippen LogP contribution is 2.31. The second kappa shape index (κ2) is 7.71. The fraction of sp³-hybridized carbons (Fsp3) is 0.211. The summed E-state index contributed by atoms with van der Waals surface area (Å²) >= 11 is 0. The largest absolute Gasteiger partial charge is 0.457 e. The molecule has 0 atom stereocenters. The summed E-state index contributed by atoms with van der Waals surface area (Å²) in [5.41, 5.74) is 0.694. The topological polar surface area (TPSA) is 77.2 Å². The molecule has 0 spiro atoms. The number of rotatable bonds is 5. The molecule has 146 valence electrons. The number of halogens is 3. The van der Waals surface area contributed by atoms with Crippen LogP contribution in [0.1, 0.15) is 32.9 Å². The van der Waals surface area contributed by atoms with Crippen LogP contribution in [0.25, 0.3) is 0 Å². The van der Waals surface area contributed by atoms with Gasteiger partial charge in [0.1, 0.15) is 23.7 Å². The lowest BCUT2D eigenvalue weighted by Gasteiger charge is -2.12. The van der Waals surface area contributed by atoms with Crippen LogP contribution in [-0.2, 0) is 17.5 Å². The van der Waals surface area contributed by atoms with E-state index in [0.717, 1.165) is 12.1 Å². The van der Waals surface area contributed by atoms with Gasteiger partial charge in [-0.1, -0.05) is 11.2 Å². The Morgan fingerprint density at radius 1 is 1.21 bits per heavy atom. The summed E-state index contributed by atoms with van der Waals surface area (Å²) in [6.07, 6.45) is -3.06. The Morgan fingerprint density at radius 3 is 2.68 bits per heavy atom. The molecule has 0 bridgehead atoms. The van der Waals surface area contributed by atoms with Gasteiger partial charge in [-0.25, -0.2) is 9.78 Å². The summed E-state index contributed by atoms with van der Waals surface area (Å²) < 4.78 is 49.0. The van der Waals surface area contributed by atoms with E-state index in [9.17, 15) is 18.0 Å². The number of anilines is 2. The van der Waals surface area contributed by atoms with Gasteiger partial charge in [-0.05, 0) is 44.2 Å². The first-order chi connectivity index (χ1) is 13.3. The average molecular weight is 391 g/mol. The van der Waals surface area contributed by atoms with Crippen molar-refractivity contribution in [1.29, 1.82) is 0 Å². The van der Waals surface area contributed by atoms with E-state index in [4.69, 9.17) is 9.26 Å². The van der Waals surface area contributed by atoms with Crippen molar-refractivity contribution in [2.24, 2.45) is 0 Å². The predicted octanol–water partition coefficient (Wildman–Crippen LogP) is 4.81. The van der Waals surface area contributed by atoms with E-state index in [-0.39, 0.29) is 23.7 Å². The molecular weight excluding hydrogens is 375 g/mol. The van der Waals surface area contributed by atoms with Gasteiger partial charge in [0.2, 0.25) is 0 Å². The fourth-order valence-corrected chi connectivity index (χ4v) is 2.50. The lowest BCUT2D eigenvalue weighted by Crippen LogP contribution is -2.10. The molecule has 0 fully saturated rings. The normalized spacial score (nSPS) is 11.3. The van der Waals surface area contributed by atoms with Gasteiger partial charge in [0.15, 0.2) is 0 Å². The van der Waals surface area contributed by atoms with Gasteiger partial charge in [0, 0.05) is 11.9 Å². The van der Waals surface area contributed by atoms with E-state index in [1.54, 1.807) is 13.8 Å². The van der Waals surface area contributed by atoms with Gasteiger partial charge in [-0.15, -0.1) is 0 Å². The molecule has 0 aliphatic carbocycles. The number of ether oxygens (including phenoxy) is 1. The van der Waals surface area contributed by atoms with Crippen LogP contribution >= 0.6 is 0 Å². The number of hydrogen-bond donors (Lipinski definition) is 1. The van der Waals surface area contributed by atoms with Crippen LogP contribution in [0, 0.1) is 13.8 Å². The van der Waals surface area contributed by atoms with Crippen LogP contribution in [0.3, 0.4) is 0 Å². The number of pyridine rings is 1. The summed E-state index contributed by atoms with van der Waals surface area (Å²) in [6.45, 7) is 3.39. The quantitative estimate of drug-likeness (QED) is 0.629. The minimum Gasteiger partial charge on any atom is -0.457 e. The van der Waals surface area contributed by atoms with Crippen LogP contribution in [0.2, 0.25) is 0 Å². The third-order valence-electron chi connectivity index (χ3n) is 4.01. The van der Waals surface area contributed by atoms with Crippen LogP contribution in [0.5, 0.6) is 0 Å². The zero-order valence-electron chi connectivity index (χ0n) is 15.0. The number of aromatic nitrogens is 2. The first-order valence-corrected chi connectivity index (χ1v) is 8.24. The summed E-state index contributed by atoms with van der Waals surface area (Å²) in [5, 5.41) is 6.52. The smallest absolute Gasteiger partial charge is 0.416 e. The molecule has 0 unspecified atom stereocenters. The third-order valence-corrected chi connectivity index (χ3v) is 4.01. The van der Waals surface area contributed by atoms with E-state index in [1.165, 1.54) is 30.5 Å². The van der Waals surface area contributed by atoms with E-state index >= 15 is 0 Å². The lowest BCUT2D eigenvalue weighted by molar-refractivity contribution is -0.137. The number of aryl methyl sites for hydroxylation is 2. The monoisotopic (exact) mass is 391 g/mol. The summed E-state index contributed by atoms with van der Waals surface area (Å²) in [5.74, 6) is -0.0491. The summed E-state index contributed by atoms with van der Waals surface area (Å²) in [6, 6.07) is 7.62. The SMILES string of the molecule is Cc1noc(C)c1COC(=O)c1cccnc1Nc1cccc(C(F)(F)F)c1. The van der Waals surface area contributed by atoms with Gasteiger partial charge < -0.3 is 14.6 Å². The molecule has 3 aromatic rings. The van der Waals surface area contributed by atoms with E-state index < -0.39 is 17.7 Å². The zero-order valence-corrected chi connectivity index (χ0v) is 15.0. The zero-order chi connectivity index (χ0) is 20.3. The maximum Gasteiger partial charge on any atom is 0.416 e. The molecule has 0 saturated carbocycles. The Labute approximate surface area is 158 Å². The Balaban J connectivity index is 1.79. The molecule has 2 heterocycles. The second-order valence-corrected chi connectivity index (χ2v) is 5.98. The molecule has 1 aromatic carbocycles. The first kappa shape index (κ1) is 19.4. The number of esters is 1. The summed E-state index contributed by atoms with van der Waals surface area (Å²) in [7, 11) is 0. The molecule has 28 heavy (non-hydrogen) atoms. The standard InChI is InChI=1S/C19H16F3N3O3/c1-11-16(12(2)28-25-11)10-27-18(26)15-7-4-8-23-17(15)24-14-6-3-5-13(9-14)19(20,21)22/h3-9H,10H2,1-2H3,(H,23,24). The number of hydrogen-bond acceptors (Lipinski definition) is 6. The van der Waals surface area contributed by atoms with Crippen molar-refractivity contribution in [2.75, 3.05) is 5.32 Å². The third kappa shape index (κ3) is 4.30. The van der Waals surface area contributed by atoms with E-state index in [2.05, 4.69) is 15.5 Å². The minimum atomic E-state index is -4.47. The molecular formula is C19H16F3N3O3. The Morgan fingerprint density at radius 2 is 2.00 bits per heavy atom. The first-order valence-electron chi connectivity index (χ1n) is 8.24. The number of benzene rings is 1. The Bertz CT molecular complexity index is 980. The van der Waals surface area contributed by atoms with Gasteiger partial charge in [0.05, 0.1) is 16.8 Å². The van der Waals surface area contributed by atoms with Crippen LogP contribution in [-0.4, -0.2) is 16.1 Å². The van der Waals surface area contributed by atoms with Gasteiger partial charge >= 0.3 is 12.1 Å². The van der Waals surface area contributed by atoms with Crippen molar-refractivity contribution >= 4 is 17.5 Å². The number of carbonyl (C=O) groups excluding carboxylic acids is 1. The molecule has 2 aromatic heterocycles. The average Bonchev–Trinajstić information content (AvgIpc) is 2.97. The van der Waals surface area contributed by atoms with Crippen LogP contribution < -0.4 is 5.32 Å². The maximum absolute atomic E-state index is 12.9. The van der Waals surface area contributed by atoms with Gasteiger partial charge in [-0.3, -0.25) is 0 Å². The minimum absolute atomic E-state index is 0.0438. The second-order valence-electron chi connectivity index (χ2n) is 5.98. The van der Waals surface area contributed by atoms with Gasteiger partial charge in [-0.2, -0.15) is 13.2 Å². The van der Waals surface area contributed by atoms with E-state index in [1.807, 2.05) is 0 Å². The summed E-state index contributed by atoms with van der Waals surface area (Å²) in [4.78, 5) is 16.5. The number of nitrogens with zero attached hydrogens (tertiary/aromatic N) is 2. The highest BCUT2D eigenvalue weighted by Gasteiger charge is 2.30. The van der Waals surface area contributed by atoms with Crippen molar-refractivity contribution < 1.29 is 27.2 Å². The van der Waals surface area contributed by atoms with Gasteiger partial charge in [0.25, 0.3) is 0 Å². The van der Waals surface area contributed by atoms with Crippen LogP contribution in [0.4, 0.5) is 24.7 Å². The molecule has 0 aliphatic heterocycles. The van der Waals surface area contributed by atoms with Crippen LogP contribution in [0.15, 0.2) is 47.1 Å². The number of carbonyl (C=O) groups is 1. The molecule has 3 rings (SSSR count). The Hall–Kier alpha value is -3.36. The van der Waals surface area contributed by atoms with Crippen molar-refractivity contribution in [3.8, 4) is 0 Å². The van der Waals surface area contributed by atoms with Crippen molar-refractivity contribution in [3.63, 3.8) is 0 Å². The molecule has 0 amide bonds. The predicted molar refractivity (Wildman–Crippen MR) is 94.1 cm³/mol. The van der Waals surface area contributed by atoms with Crippen molar-refractivity contribution in [3.05, 3.63) is 70.7 Å². The van der Waals surface area contributed by atoms with Crippen molar-refractivity contribution in [1.82, 2.24) is 10.1 Å². The molecule has 9 heteroatoms. The lowest BCUT2D eigenvalue weighted by atomic mass is 10.2. The Kier molecular flexibility index (Phi) is 5.34. The van der Waals surface area contributed by atoms with E-state index in [0.29, 0.717) is 17.0 Å². The van der Waals surface area contributed by atoms with Crippen molar-refractivity contribution in [2.45, 2.75) is 26.6 Å². The molecule has 0 radical (unpaired) electrons. The fourth-order valence-electron chi connectivity index (χ4n) is 2.50. The maximum atomic E-state index is 12.9. The molecule has 1 N–H and O–H groups in total.